The second-order valence-corrected chi connectivity index (χ2v) is 6.43. The predicted molar refractivity (Wildman–Crippen MR) is 78.9 cm³/mol. The highest BCUT2D eigenvalue weighted by molar-refractivity contribution is 9.10. The molecule has 0 bridgehead atoms. The van der Waals surface area contributed by atoms with Gasteiger partial charge in [-0.15, -0.1) is 0 Å². The first-order valence-electron chi connectivity index (χ1n) is 6.99. The number of rotatable bonds is 3. The van der Waals surface area contributed by atoms with E-state index in [1.165, 1.54) is 0 Å². The van der Waals surface area contributed by atoms with Crippen molar-refractivity contribution in [1.82, 2.24) is 0 Å². The fourth-order valence-electron chi connectivity index (χ4n) is 2.90. The molecule has 0 aromatic heterocycles. The Kier molecular flexibility index (Phi) is 4.19. The molecule has 0 radical (unpaired) electrons. The Morgan fingerprint density at radius 2 is 2.29 bits per heavy atom. The number of benzene rings is 1. The molecule has 114 valence electrons. The molecule has 3 rings (SSSR count). The van der Waals surface area contributed by atoms with Gasteiger partial charge >= 0.3 is 5.97 Å². The van der Waals surface area contributed by atoms with Gasteiger partial charge < -0.3 is 19.3 Å². The van der Waals surface area contributed by atoms with Crippen molar-refractivity contribution in [1.29, 1.82) is 0 Å². The molecule has 0 saturated carbocycles. The number of aromatic carboxylic acids is 1. The molecule has 1 spiro atoms. The fourth-order valence-corrected chi connectivity index (χ4v) is 3.24. The lowest BCUT2D eigenvalue weighted by Gasteiger charge is -2.37. The molecule has 21 heavy (non-hydrogen) atoms. The van der Waals surface area contributed by atoms with Gasteiger partial charge in [-0.2, -0.15) is 0 Å². The molecule has 2 aliphatic heterocycles. The molecule has 2 unspecified atom stereocenters. The van der Waals surface area contributed by atoms with Gasteiger partial charge in [0.15, 0.2) is 0 Å². The molecular weight excluding hydrogens is 340 g/mol. The predicted octanol–water partition coefficient (Wildman–Crippen LogP) is 2.86. The number of hydrogen-bond donors (Lipinski definition) is 1. The van der Waals surface area contributed by atoms with Crippen LogP contribution in [0, 0.1) is 0 Å². The van der Waals surface area contributed by atoms with E-state index >= 15 is 0 Å². The van der Waals surface area contributed by atoms with Gasteiger partial charge in [-0.1, -0.05) is 15.9 Å². The van der Waals surface area contributed by atoms with E-state index in [-0.39, 0.29) is 17.3 Å². The molecule has 6 heteroatoms. The zero-order chi connectivity index (χ0) is 14.9. The Hall–Kier alpha value is -1.11. The maximum absolute atomic E-state index is 11.3. The van der Waals surface area contributed by atoms with Crippen molar-refractivity contribution in [2.75, 3.05) is 19.8 Å². The van der Waals surface area contributed by atoms with Gasteiger partial charge in [0.2, 0.25) is 0 Å². The maximum Gasteiger partial charge on any atom is 0.339 e. The summed E-state index contributed by atoms with van der Waals surface area (Å²) in [4.78, 5) is 11.3. The molecule has 2 fully saturated rings. The monoisotopic (exact) mass is 356 g/mol. The van der Waals surface area contributed by atoms with E-state index < -0.39 is 5.97 Å². The summed E-state index contributed by atoms with van der Waals surface area (Å²) in [5.41, 5.74) is -0.0698. The summed E-state index contributed by atoms with van der Waals surface area (Å²) in [6.45, 7) is 1.92. The van der Waals surface area contributed by atoms with Crippen molar-refractivity contribution in [2.45, 2.75) is 31.0 Å². The zero-order valence-electron chi connectivity index (χ0n) is 11.5. The van der Waals surface area contributed by atoms with Gasteiger partial charge in [0, 0.05) is 30.3 Å². The van der Waals surface area contributed by atoms with E-state index in [2.05, 4.69) is 15.9 Å². The minimum absolute atomic E-state index is 0.0483. The lowest BCUT2D eigenvalue weighted by molar-refractivity contribution is -0.112. The van der Waals surface area contributed by atoms with Crippen LogP contribution < -0.4 is 4.74 Å². The largest absolute Gasteiger partial charge is 0.489 e. The summed E-state index contributed by atoms with van der Waals surface area (Å²) in [5, 5.41) is 9.25. The Balaban J connectivity index is 1.77. The summed E-state index contributed by atoms with van der Waals surface area (Å²) in [6.07, 6.45) is 2.32. The first kappa shape index (κ1) is 14.8. The molecule has 2 atom stereocenters. The third-order valence-electron chi connectivity index (χ3n) is 3.98. The lowest BCUT2D eigenvalue weighted by atomic mass is 9.91. The van der Waals surface area contributed by atoms with Crippen LogP contribution in [0.1, 0.15) is 29.6 Å². The first-order valence-corrected chi connectivity index (χ1v) is 7.78. The summed E-state index contributed by atoms with van der Waals surface area (Å²) in [6, 6.07) is 4.96. The second kappa shape index (κ2) is 5.94. The maximum atomic E-state index is 11.3. The highest BCUT2D eigenvalue weighted by Gasteiger charge is 2.42. The van der Waals surface area contributed by atoms with Crippen molar-refractivity contribution >= 4 is 21.9 Å². The van der Waals surface area contributed by atoms with Gasteiger partial charge in [-0.25, -0.2) is 4.79 Å². The molecule has 2 saturated heterocycles. The van der Waals surface area contributed by atoms with E-state index in [9.17, 15) is 9.90 Å². The molecule has 1 N–H and O–H groups in total. The van der Waals surface area contributed by atoms with Crippen LogP contribution in [-0.2, 0) is 9.47 Å². The van der Waals surface area contributed by atoms with Crippen LogP contribution in [0.15, 0.2) is 22.7 Å². The standard InChI is InChI=1S/C15H17BrO5/c16-10-1-2-12(14(17)18)13(7-10)21-11-3-5-20-15(8-11)4-6-19-9-15/h1-2,7,11H,3-6,8-9H2,(H,17,18). The average molecular weight is 357 g/mol. The van der Waals surface area contributed by atoms with Gasteiger partial charge in [0.25, 0.3) is 0 Å². The number of ether oxygens (including phenoxy) is 3. The van der Waals surface area contributed by atoms with Crippen LogP contribution in [-0.4, -0.2) is 42.6 Å². The van der Waals surface area contributed by atoms with Gasteiger partial charge in [0.1, 0.15) is 17.4 Å². The smallest absolute Gasteiger partial charge is 0.339 e. The number of halogens is 1. The van der Waals surface area contributed by atoms with E-state index in [1.807, 2.05) is 0 Å². The Morgan fingerprint density at radius 3 is 3.00 bits per heavy atom. The minimum atomic E-state index is -0.983. The highest BCUT2D eigenvalue weighted by atomic mass is 79.9. The molecule has 2 aliphatic rings. The SMILES string of the molecule is O=C(O)c1ccc(Br)cc1OC1CCOC2(CCOC2)C1. The number of carbonyl (C=O) groups is 1. The van der Waals surface area contributed by atoms with Crippen molar-refractivity contribution in [3.8, 4) is 5.75 Å². The van der Waals surface area contributed by atoms with Crippen LogP contribution in [0.25, 0.3) is 0 Å². The van der Waals surface area contributed by atoms with Crippen LogP contribution >= 0.6 is 15.9 Å². The lowest BCUT2D eigenvalue weighted by Crippen LogP contribution is -2.44. The number of carboxylic acid groups (broad SMARTS) is 1. The van der Waals surface area contributed by atoms with E-state index in [1.54, 1.807) is 18.2 Å². The van der Waals surface area contributed by atoms with Crippen molar-refractivity contribution < 1.29 is 24.1 Å². The van der Waals surface area contributed by atoms with E-state index in [0.29, 0.717) is 25.6 Å². The molecule has 5 nitrogen and oxygen atoms in total. The first-order chi connectivity index (χ1) is 10.1. The van der Waals surface area contributed by atoms with Crippen molar-refractivity contribution in [3.05, 3.63) is 28.2 Å². The van der Waals surface area contributed by atoms with Crippen LogP contribution in [0.5, 0.6) is 5.75 Å². The average Bonchev–Trinajstić information content (AvgIpc) is 2.86. The third-order valence-corrected chi connectivity index (χ3v) is 4.48. The quantitative estimate of drug-likeness (QED) is 0.901. The highest BCUT2D eigenvalue weighted by Crippen LogP contribution is 2.35. The van der Waals surface area contributed by atoms with E-state index in [0.717, 1.165) is 23.7 Å². The Labute approximate surface area is 131 Å². The molecule has 1 aromatic carbocycles. The molecule has 1 aromatic rings. The van der Waals surface area contributed by atoms with Gasteiger partial charge in [-0.05, 0) is 18.2 Å². The minimum Gasteiger partial charge on any atom is -0.489 e. The summed E-state index contributed by atoms with van der Waals surface area (Å²) in [5.74, 6) is -0.582. The van der Waals surface area contributed by atoms with Crippen LogP contribution in [0.3, 0.4) is 0 Å². The normalized spacial score (nSPS) is 28.7. The second-order valence-electron chi connectivity index (χ2n) is 5.51. The van der Waals surface area contributed by atoms with Crippen molar-refractivity contribution in [2.24, 2.45) is 0 Å². The molecule has 0 aliphatic carbocycles. The number of hydrogen-bond acceptors (Lipinski definition) is 4. The van der Waals surface area contributed by atoms with Gasteiger partial charge in [0.05, 0.1) is 18.8 Å². The topological polar surface area (TPSA) is 65.0 Å². The summed E-state index contributed by atoms with van der Waals surface area (Å²) < 4.78 is 18.1. The Bertz CT molecular complexity index is 539. The Morgan fingerprint density at radius 1 is 1.43 bits per heavy atom. The van der Waals surface area contributed by atoms with Crippen LogP contribution in [0.2, 0.25) is 0 Å². The van der Waals surface area contributed by atoms with Crippen molar-refractivity contribution in [3.63, 3.8) is 0 Å². The molecule has 0 amide bonds. The van der Waals surface area contributed by atoms with Gasteiger partial charge in [-0.3, -0.25) is 0 Å². The number of carboxylic acids is 1. The third kappa shape index (κ3) is 3.22. The fraction of sp³-hybridized carbons (Fsp3) is 0.533. The summed E-state index contributed by atoms with van der Waals surface area (Å²) >= 11 is 3.35. The molecule has 2 heterocycles. The van der Waals surface area contributed by atoms with E-state index in [4.69, 9.17) is 14.2 Å². The van der Waals surface area contributed by atoms with Crippen LogP contribution in [0.4, 0.5) is 0 Å². The summed E-state index contributed by atoms with van der Waals surface area (Å²) in [7, 11) is 0. The molecular formula is C15H17BrO5. The zero-order valence-corrected chi connectivity index (χ0v) is 13.1.